The zero-order valence-electron chi connectivity index (χ0n) is 17.1. The number of benzene rings is 2. The number of rotatable bonds is 5. The van der Waals surface area contributed by atoms with Gasteiger partial charge in [0, 0.05) is 37.8 Å². The second kappa shape index (κ2) is 8.46. The van der Waals surface area contributed by atoms with Gasteiger partial charge in [-0.2, -0.15) is 0 Å². The summed E-state index contributed by atoms with van der Waals surface area (Å²) in [6.07, 6.45) is 3.97. The van der Waals surface area contributed by atoms with Gasteiger partial charge in [0.05, 0.1) is 7.11 Å². The van der Waals surface area contributed by atoms with Crippen LogP contribution in [-0.2, 0) is 10.4 Å². The highest BCUT2D eigenvalue weighted by molar-refractivity contribution is 5.87. The molecule has 0 unspecified atom stereocenters. The predicted octanol–water partition coefficient (Wildman–Crippen LogP) is 3.42. The minimum Gasteiger partial charge on any atom is -0.497 e. The molecule has 1 N–H and O–H groups in total. The van der Waals surface area contributed by atoms with Crippen molar-refractivity contribution in [3.63, 3.8) is 0 Å². The molecular weight excluding hydrogens is 364 g/mol. The van der Waals surface area contributed by atoms with Crippen molar-refractivity contribution in [2.24, 2.45) is 5.92 Å². The molecule has 2 fully saturated rings. The summed E-state index contributed by atoms with van der Waals surface area (Å²) in [5, 5.41) is 11.7. The van der Waals surface area contributed by atoms with Crippen LogP contribution in [-0.4, -0.2) is 49.2 Å². The van der Waals surface area contributed by atoms with E-state index in [9.17, 15) is 9.90 Å². The van der Waals surface area contributed by atoms with Gasteiger partial charge in [-0.05, 0) is 42.7 Å². The van der Waals surface area contributed by atoms with Crippen molar-refractivity contribution in [2.45, 2.75) is 31.3 Å². The number of carbonyl (C=O) groups excluding carboxylic acids is 1. The lowest BCUT2D eigenvalue weighted by Gasteiger charge is -2.42. The van der Waals surface area contributed by atoms with Gasteiger partial charge in [0.2, 0.25) is 0 Å². The van der Waals surface area contributed by atoms with Crippen LogP contribution in [0.25, 0.3) is 0 Å². The maximum atomic E-state index is 13.6. The number of amides is 1. The number of methoxy groups -OCH3 is 1. The van der Waals surface area contributed by atoms with E-state index in [1.165, 1.54) is 0 Å². The fourth-order valence-electron chi connectivity index (χ4n) is 4.77. The largest absolute Gasteiger partial charge is 0.497 e. The maximum Gasteiger partial charge on any atom is 0.259 e. The van der Waals surface area contributed by atoms with Crippen LogP contribution < -0.4 is 9.64 Å². The van der Waals surface area contributed by atoms with Crippen molar-refractivity contribution in [1.29, 1.82) is 0 Å². The van der Waals surface area contributed by atoms with E-state index in [1.54, 1.807) is 7.11 Å². The molecule has 4 rings (SSSR count). The molecule has 5 nitrogen and oxygen atoms in total. The lowest BCUT2D eigenvalue weighted by Crippen LogP contribution is -2.56. The molecule has 0 spiro atoms. The summed E-state index contributed by atoms with van der Waals surface area (Å²) in [6.45, 7) is 2.75. The highest BCUT2D eigenvalue weighted by atomic mass is 16.5. The minimum absolute atomic E-state index is 0.00276. The molecule has 1 saturated carbocycles. The Kier molecular flexibility index (Phi) is 5.76. The quantitative estimate of drug-likeness (QED) is 0.844. The van der Waals surface area contributed by atoms with E-state index in [0.717, 1.165) is 55.8 Å². The lowest BCUT2D eigenvalue weighted by atomic mass is 9.79. The van der Waals surface area contributed by atoms with Crippen LogP contribution in [0.2, 0.25) is 0 Å². The Hall–Kier alpha value is -2.53. The van der Waals surface area contributed by atoms with Crippen LogP contribution in [0.3, 0.4) is 0 Å². The predicted molar refractivity (Wildman–Crippen MR) is 114 cm³/mol. The Morgan fingerprint density at radius 3 is 2.17 bits per heavy atom. The summed E-state index contributed by atoms with van der Waals surface area (Å²) >= 11 is 0. The smallest absolute Gasteiger partial charge is 0.259 e. The van der Waals surface area contributed by atoms with Gasteiger partial charge in [-0.1, -0.05) is 43.2 Å². The molecule has 0 aromatic heterocycles. The highest BCUT2D eigenvalue weighted by Crippen LogP contribution is 2.42. The van der Waals surface area contributed by atoms with Crippen LogP contribution in [0.5, 0.6) is 5.75 Å². The lowest BCUT2D eigenvalue weighted by molar-refractivity contribution is -0.159. The summed E-state index contributed by atoms with van der Waals surface area (Å²) in [5.74, 6) is 0.703. The van der Waals surface area contributed by atoms with Crippen LogP contribution in [0.15, 0.2) is 54.6 Å². The first-order valence-electron chi connectivity index (χ1n) is 10.6. The van der Waals surface area contributed by atoms with Crippen LogP contribution >= 0.6 is 0 Å². The molecule has 2 aromatic carbocycles. The summed E-state index contributed by atoms with van der Waals surface area (Å²) in [7, 11) is 1.66. The summed E-state index contributed by atoms with van der Waals surface area (Å²) in [6, 6.07) is 17.5. The van der Waals surface area contributed by atoms with Gasteiger partial charge in [-0.25, -0.2) is 0 Å². The average Bonchev–Trinajstić information content (AvgIpc) is 3.34. The molecule has 2 aliphatic rings. The zero-order valence-corrected chi connectivity index (χ0v) is 17.1. The molecule has 5 heteroatoms. The van der Waals surface area contributed by atoms with Gasteiger partial charge in [-0.15, -0.1) is 0 Å². The second-order valence-electron chi connectivity index (χ2n) is 8.09. The van der Waals surface area contributed by atoms with Gasteiger partial charge >= 0.3 is 0 Å². The number of aliphatic hydroxyl groups is 1. The number of anilines is 1. The van der Waals surface area contributed by atoms with E-state index >= 15 is 0 Å². The number of hydrogen-bond acceptors (Lipinski definition) is 4. The molecule has 1 atom stereocenters. The Bertz CT molecular complexity index is 810. The molecule has 0 radical (unpaired) electrons. The average molecular weight is 395 g/mol. The molecule has 2 aromatic rings. The number of hydrogen-bond donors (Lipinski definition) is 1. The standard InChI is InChI=1S/C24H30N2O3/c1-29-22-13-11-21(12-14-22)25-15-17-26(18-16-25)23(27)24(28,20-9-5-6-10-20)19-7-3-2-4-8-19/h2-4,7-8,11-14,20,28H,5-6,9-10,15-18H2,1H3/t24-/m0/s1. The molecule has 1 saturated heterocycles. The molecule has 1 aliphatic heterocycles. The van der Waals surface area contributed by atoms with Crippen molar-refractivity contribution in [2.75, 3.05) is 38.2 Å². The third kappa shape index (κ3) is 3.84. The van der Waals surface area contributed by atoms with Gasteiger partial charge in [0.15, 0.2) is 5.60 Å². The van der Waals surface area contributed by atoms with Gasteiger partial charge in [0.25, 0.3) is 5.91 Å². The fraction of sp³-hybridized carbons (Fsp3) is 0.458. The van der Waals surface area contributed by atoms with E-state index in [4.69, 9.17) is 4.74 Å². The maximum absolute atomic E-state index is 13.6. The van der Waals surface area contributed by atoms with Gasteiger partial charge in [0.1, 0.15) is 5.75 Å². The summed E-state index contributed by atoms with van der Waals surface area (Å²) in [5.41, 5.74) is 0.446. The molecular formula is C24H30N2O3. The fourth-order valence-corrected chi connectivity index (χ4v) is 4.77. The Balaban J connectivity index is 1.49. The topological polar surface area (TPSA) is 53.0 Å². The van der Waals surface area contributed by atoms with E-state index in [-0.39, 0.29) is 11.8 Å². The molecule has 0 bridgehead atoms. The Labute approximate surface area is 172 Å². The monoisotopic (exact) mass is 394 g/mol. The third-order valence-corrected chi connectivity index (χ3v) is 6.49. The van der Waals surface area contributed by atoms with Crippen molar-refractivity contribution in [3.8, 4) is 5.75 Å². The van der Waals surface area contributed by atoms with Crippen LogP contribution in [0, 0.1) is 5.92 Å². The molecule has 29 heavy (non-hydrogen) atoms. The van der Waals surface area contributed by atoms with Gasteiger partial charge < -0.3 is 19.6 Å². The van der Waals surface area contributed by atoms with E-state index in [2.05, 4.69) is 17.0 Å². The SMILES string of the molecule is COc1ccc(N2CCN(C(=O)[C@](O)(c3ccccc3)C3CCCC3)CC2)cc1. The first-order valence-corrected chi connectivity index (χ1v) is 10.6. The van der Waals surface area contributed by atoms with Gasteiger partial charge in [-0.3, -0.25) is 4.79 Å². The van der Waals surface area contributed by atoms with Crippen molar-refractivity contribution in [1.82, 2.24) is 4.90 Å². The first kappa shape index (κ1) is 19.8. The molecule has 154 valence electrons. The normalized spacial score (nSPS) is 19.8. The van der Waals surface area contributed by atoms with E-state index < -0.39 is 5.60 Å². The molecule has 1 aliphatic carbocycles. The number of nitrogens with zero attached hydrogens (tertiary/aromatic N) is 2. The number of piperazine rings is 1. The zero-order chi connectivity index (χ0) is 20.3. The number of ether oxygens (including phenoxy) is 1. The first-order chi connectivity index (χ1) is 14.1. The van der Waals surface area contributed by atoms with Crippen LogP contribution in [0.4, 0.5) is 5.69 Å². The summed E-state index contributed by atoms with van der Waals surface area (Å²) in [4.78, 5) is 17.7. The van der Waals surface area contributed by atoms with Crippen molar-refractivity contribution in [3.05, 3.63) is 60.2 Å². The Morgan fingerprint density at radius 2 is 1.59 bits per heavy atom. The molecule has 1 amide bonds. The third-order valence-electron chi connectivity index (χ3n) is 6.49. The van der Waals surface area contributed by atoms with E-state index in [1.807, 2.05) is 47.4 Å². The van der Waals surface area contributed by atoms with Crippen molar-refractivity contribution >= 4 is 11.6 Å². The second-order valence-corrected chi connectivity index (χ2v) is 8.09. The van der Waals surface area contributed by atoms with E-state index in [0.29, 0.717) is 13.1 Å². The van der Waals surface area contributed by atoms with Crippen molar-refractivity contribution < 1.29 is 14.6 Å². The summed E-state index contributed by atoms with van der Waals surface area (Å²) < 4.78 is 5.23. The van der Waals surface area contributed by atoms with Crippen LogP contribution in [0.1, 0.15) is 31.2 Å². The Morgan fingerprint density at radius 1 is 0.966 bits per heavy atom. The molecule has 1 heterocycles. The number of carbonyl (C=O) groups is 1. The highest BCUT2D eigenvalue weighted by Gasteiger charge is 2.48. The minimum atomic E-state index is -1.42.